The van der Waals surface area contributed by atoms with Gasteiger partial charge in [-0.25, -0.2) is 9.59 Å². The minimum Gasteiger partial charge on any atom is -0.454 e. The van der Waals surface area contributed by atoms with E-state index >= 15 is 0 Å². The molecule has 1 aliphatic carbocycles. The van der Waals surface area contributed by atoms with E-state index < -0.39 is 18.0 Å². The number of piperidine rings is 1. The lowest BCUT2D eigenvalue weighted by Gasteiger charge is -2.44. The zero-order chi connectivity index (χ0) is 21.5. The van der Waals surface area contributed by atoms with E-state index in [0.29, 0.717) is 11.6 Å². The zero-order valence-corrected chi connectivity index (χ0v) is 17.9. The van der Waals surface area contributed by atoms with E-state index in [1.165, 1.54) is 19.3 Å². The number of benzene rings is 1. The van der Waals surface area contributed by atoms with Crippen LogP contribution >= 0.6 is 0 Å². The Bertz CT molecular complexity index is 735. The molecule has 7 heteroatoms. The molecule has 164 valence electrons. The first-order valence-electron chi connectivity index (χ1n) is 11.0. The van der Waals surface area contributed by atoms with Crippen molar-refractivity contribution in [2.75, 3.05) is 18.5 Å². The van der Waals surface area contributed by atoms with Gasteiger partial charge in [-0.1, -0.05) is 44.9 Å². The first-order valence-corrected chi connectivity index (χ1v) is 11.0. The maximum Gasteiger partial charge on any atom is 0.329 e. The minimum atomic E-state index is -0.828. The minimum absolute atomic E-state index is 0.129. The van der Waals surface area contributed by atoms with Gasteiger partial charge in [0.2, 0.25) is 0 Å². The van der Waals surface area contributed by atoms with Gasteiger partial charge in [0.25, 0.3) is 5.91 Å². The summed E-state index contributed by atoms with van der Waals surface area (Å²) in [7, 11) is 0. The predicted molar refractivity (Wildman–Crippen MR) is 115 cm³/mol. The van der Waals surface area contributed by atoms with Gasteiger partial charge in [0.15, 0.2) is 6.61 Å². The Balaban J connectivity index is 1.52. The van der Waals surface area contributed by atoms with Gasteiger partial charge >= 0.3 is 12.0 Å². The molecular formula is C23H33N3O4. The number of ether oxygens (including phenoxy) is 1. The SMILES string of the molecule is CC(C)[C@@H](NC(=O)Nc1ccccc1)C(=O)OCC(=O)N1CCC[C@@H]2CCCC[C@@H]21. The molecule has 7 nitrogen and oxygen atoms in total. The molecule has 3 atom stereocenters. The van der Waals surface area contributed by atoms with Crippen LogP contribution in [0.25, 0.3) is 0 Å². The molecule has 1 saturated carbocycles. The quantitative estimate of drug-likeness (QED) is 0.696. The summed E-state index contributed by atoms with van der Waals surface area (Å²) in [4.78, 5) is 39.6. The Morgan fingerprint density at radius 3 is 2.50 bits per heavy atom. The molecule has 0 radical (unpaired) electrons. The summed E-state index contributed by atoms with van der Waals surface area (Å²) in [5, 5.41) is 5.36. The van der Waals surface area contributed by atoms with Crippen LogP contribution in [0, 0.1) is 11.8 Å². The second kappa shape index (κ2) is 10.5. The monoisotopic (exact) mass is 415 g/mol. The van der Waals surface area contributed by atoms with Gasteiger partial charge in [0.05, 0.1) is 0 Å². The number of esters is 1. The molecule has 0 aromatic heterocycles. The smallest absolute Gasteiger partial charge is 0.329 e. The number of likely N-dealkylation sites (tertiary alicyclic amines) is 1. The number of carbonyl (C=O) groups excluding carboxylic acids is 3. The number of amides is 3. The molecule has 2 N–H and O–H groups in total. The van der Waals surface area contributed by atoms with E-state index in [1.807, 2.05) is 36.9 Å². The number of fused-ring (bicyclic) bond motifs is 1. The van der Waals surface area contributed by atoms with Crippen LogP contribution < -0.4 is 10.6 Å². The molecule has 0 spiro atoms. The van der Waals surface area contributed by atoms with Gasteiger partial charge in [-0.2, -0.15) is 0 Å². The molecule has 30 heavy (non-hydrogen) atoms. The van der Waals surface area contributed by atoms with Crippen LogP contribution in [-0.4, -0.2) is 48.0 Å². The number of para-hydroxylation sites is 1. The van der Waals surface area contributed by atoms with Crippen LogP contribution in [0.5, 0.6) is 0 Å². The van der Waals surface area contributed by atoms with Crippen LogP contribution in [0.2, 0.25) is 0 Å². The van der Waals surface area contributed by atoms with Gasteiger partial charge in [-0.05, 0) is 49.7 Å². The number of nitrogens with zero attached hydrogens (tertiary/aromatic N) is 1. The fourth-order valence-corrected chi connectivity index (χ4v) is 4.57. The maximum atomic E-state index is 12.8. The molecule has 0 bridgehead atoms. The fraction of sp³-hybridized carbons (Fsp3) is 0.609. The zero-order valence-electron chi connectivity index (χ0n) is 17.9. The molecule has 1 aromatic rings. The third-order valence-corrected chi connectivity index (χ3v) is 6.14. The summed E-state index contributed by atoms with van der Waals surface area (Å²) in [6, 6.07) is 7.98. The highest BCUT2D eigenvalue weighted by Crippen LogP contribution is 2.35. The fourth-order valence-electron chi connectivity index (χ4n) is 4.57. The van der Waals surface area contributed by atoms with Crippen LogP contribution in [0.4, 0.5) is 10.5 Å². The van der Waals surface area contributed by atoms with Gasteiger partial charge in [0.1, 0.15) is 6.04 Å². The molecule has 2 aliphatic rings. The molecule has 3 rings (SSSR count). The summed E-state index contributed by atoms with van der Waals surface area (Å²) in [6.07, 6.45) is 6.82. The molecule has 1 heterocycles. The third-order valence-electron chi connectivity index (χ3n) is 6.14. The van der Waals surface area contributed by atoms with Crippen molar-refractivity contribution in [2.45, 2.75) is 64.5 Å². The Morgan fingerprint density at radius 1 is 1.07 bits per heavy atom. The molecule has 1 saturated heterocycles. The van der Waals surface area contributed by atoms with Crippen LogP contribution in [0.15, 0.2) is 30.3 Å². The van der Waals surface area contributed by atoms with E-state index in [9.17, 15) is 14.4 Å². The normalized spacial score (nSPS) is 22.0. The highest BCUT2D eigenvalue weighted by atomic mass is 16.5. The van der Waals surface area contributed by atoms with Gasteiger partial charge < -0.3 is 20.3 Å². The average Bonchev–Trinajstić information content (AvgIpc) is 2.75. The number of carbonyl (C=O) groups is 3. The summed E-state index contributed by atoms with van der Waals surface area (Å²) < 4.78 is 5.34. The van der Waals surface area contributed by atoms with E-state index in [2.05, 4.69) is 10.6 Å². The standard InChI is InChI=1S/C23H33N3O4/c1-16(2)21(25-23(29)24-18-11-4-3-5-12-18)22(28)30-15-20(27)26-14-8-10-17-9-6-7-13-19(17)26/h3-5,11-12,16-17,19,21H,6-10,13-15H2,1-2H3,(H2,24,25,29)/t17-,19-,21+/m0/s1. The summed E-state index contributed by atoms with van der Waals surface area (Å²) >= 11 is 0. The van der Waals surface area contributed by atoms with Gasteiger partial charge in [0, 0.05) is 18.3 Å². The average molecular weight is 416 g/mol. The van der Waals surface area contributed by atoms with Gasteiger partial charge in [-0.3, -0.25) is 4.79 Å². The summed E-state index contributed by atoms with van der Waals surface area (Å²) in [5.74, 6) is -0.305. The molecule has 1 aromatic carbocycles. The number of nitrogens with one attached hydrogen (secondary N) is 2. The van der Waals surface area contributed by atoms with E-state index in [-0.39, 0.29) is 24.5 Å². The summed E-state index contributed by atoms with van der Waals surface area (Å²) in [5.41, 5.74) is 0.633. The van der Waals surface area contributed by atoms with E-state index in [4.69, 9.17) is 4.74 Å². The number of anilines is 1. The Hall–Kier alpha value is -2.57. The highest BCUT2D eigenvalue weighted by Gasteiger charge is 2.36. The van der Waals surface area contributed by atoms with Crippen molar-refractivity contribution in [1.29, 1.82) is 0 Å². The lowest BCUT2D eigenvalue weighted by molar-refractivity contribution is -0.156. The maximum absolute atomic E-state index is 12.8. The lowest BCUT2D eigenvalue weighted by atomic mass is 9.78. The van der Waals surface area contributed by atoms with Crippen LogP contribution in [0.3, 0.4) is 0 Å². The van der Waals surface area contributed by atoms with Crippen molar-refractivity contribution >= 4 is 23.6 Å². The number of hydrogen-bond donors (Lipinski definition) is 2. The van der Waals surface area contributed by atoms with Crippen LogP contribution in [0.1, 0.15) is 52.4 Å². The van der Waals surface area contributed by atoms with Crippen molar-refractivity contribution in [3.63, 3.8) is 0 Å². The highest BCUT2D eigenvalue weighted by molar-refractivity contribution is 5.93. The largest absolute Gasteiger partial charge is 0.454 e. The second-order valence-corrected chi connectivity index (χ2v) is 8.64. The second-order valence-electron chi connectivity index (χ2n) is 8.64. The van der Waals surface area contributed by atoms with Crippen molar-refractivity contribution in [3.05, 3.63) is 30.3 Å². The Kier molecular flexibility index (Phi) is 7.71. The summed E-state index contributed by atoms with van der Waals surface area (Å²) in [6.45, 7) is 4.12. The Morgan fingerprint density at radius 2 is 1.77 bits per heavy atom. The Labute approximate surface area is 178 Å². The van der Waals surface area contributed by atoms with Crippen molar-refractivity contribution in [2.24, 2.45) is 11.8 Å². The first kappa shape index (κ1) is 22.1. The topological polar surface area (TPSA) is 87.7 Å². The van der Waals surface area contributed by atoms with Gasteiger partial charge in [-0.15, -0.1) is 0 Å². The number of rotatable bonds is 6. The molecule has 2 fully saturated rings. The first-order chi connectivity index (χ1) is 14.5. The van der Waals surface area contributed by atoms with E-state index in [1.54, 1.807) is 12.1 Å². The predicted octanol–water partition coefficient (Wildman–Crippen LogP) is 3.56. The van der Waals surface area contributed by atoms with Crippen molar-refractivity contribution in [3.8, 4) is 0 Å². The molecule has 0 unspecified atom stereocenters. The third kappa shape index (κ3) is 5.74. The molecule has 3 amide bonds. The van der Waals surface area contributed by atoms with Crippen molar-refractivity contribution in [1.82, 2.24) is 10.2 Å². The van der Waals surface area contributed by atoms with Crippen molar-refractivity contribution < 1.29 is 19.1 Å². The molecular weight excluding hydrogens is 382 g/mol. The van der Waals surface area contributed by atoms with Crippen LogP contribution in [-0.2, 0) is 14.3 Å². The van der Waals surface area contributed by atoms with E-state index in [0.717, 1.165) is 25.8 Å². The number of hydrogen-bond acceptors (Lipinski definition) is 4. The number of urea groups is 1. The molecule has 1 aliphatic heterocycles. The lowest BCUT2D eigenvalue weighted by Crippen LogP contribution is -2.52.